The van der Waals surface area contributed by atoms with E-state index in [1.165, 1.54) is 31.7 Å². The lowest BCUT2D eigenvalue weighted by Crippen LogP contribution is -2.16. The van der Waals surface area contributed by atoms with Crippen molar-refractivity contribution in [2.75, 3.05) is 0 Å². The average molecular weight is 281 g/mol. The minimum atomic E-state index is -0.425. The largest absolute Gasteiger partial charge is 0.299 e. The number of carbonyl (C=O) groups is 1. The maximum atomic E-state index is 13.0. The van der Waals surface area contributed by atoms with Gasteiger partial charge in [0.2, 0.25) is 0 Å². The smallest absolute Gasteiger partial charge is 0.141 e. The number of fused-ring (bicyclic) bond motifs is 2. The van der Waals surface area contributed by atoms with Crippen LogP contribution in [0.5, 0.6) is 0 Å². The number of rotatable bonds is 4. The van der Waals surface area contributed by atoms with Crippen LogP contribution in [0.2, 0.25) is 5.02 Å². The highest BCUT2D eigenvalue weighted by Gasteiger charge is 2.39. The van der Waals surface area contributed by atoms with E-state index in [0.29, 0.717) is 18.8 Å². The predicted molar refractivity (Wildman–Crippen MR) is 73.7 cm³/mol. The molecule has 3 unspecified atom stereocenters. The summed E-state index contributed by atoms with van der Waals surface area (Å²) in [5, 5.41) is 0.102. The van der Waals surface area contributed by atoms with Gasteiger partial charge in [0, 0.05) is 12.8 Å². The SMILES string of the molecule is O=C(Cc1ccc(F)c(Cl)c1)CC1CC2CCC1C2. The molecule has 0 amide bonds. The van der Waals surface area contributed by atoms with Gasteiger partial charge in [0.15, 0.2) is 0 Å². The monoisotopic (exact) mass is 280 g/mol. The molecule has 1 aromatic carbocycles. The molecular formula is C16H18ClFO. The summed E-state index contributed by atoms with van der Waals surface area (Å²) in [6.07, 6.45) is 6.32. The molecule has 0 aromatic heterocycles. The Bertz CT molecular complexity index is 500. The molecule has 102 valence electrons. The van der Waals surface area contributed by atoms with Crippen molar-refractivity contribution in [3.8, 4) is 0 Å². The first-order chi connectivity index (χ1) is 9.11. The van der Waals surface area contributed by atoms with E-state index in [0.717, 1.165) is 17.4 Å². The van der Waals surface area contributed by atoms with Gasteiger partial charge < -0.3 is 0 Å². The van der Waals surface area contributed by atoms with Crippen LogP contribution in [0.25, 0.3) is 0 Å². The fraction of sp³-hybridized carbons (Fsp3) is 0.562. The zero-order valence-corrected chi connectivity index (χ0v) is 11.6. The maximum Gasteiger partial charge on any atom is 0.141 e. The molecule has 0 aliphatic heterocycles. The van der Waals surface area contributed by atoms with Gasteiger partial charge in [-0.25, -0.2) is 4.39 Å². The van der Waals surface area contributed by atoms with Crippen molar-refractivity contribution >= 4 is 17.4 Å². The molecule has 1 aromatic rings. The quantitative estimate of drug-likeness (QED) is 0.798. The highest BCUT2D eigenvalue weighted by molar-refractivity contribution is 6.30. The van der Waals surface area contributed by atoms with Crippen molar-refractivity contribution in [1.82, 2.24) is 0 Å². The zero-order chi connectivity index (χ0) is 13.4. The number of hydrogen-bond donors (Lipinski definition) is 0. The molecular weight excluding hydrogens is 263 g/mol. The van der Waals surface area contributed by atoms with Crippen LogP contribution in [0, 0.1) is 23.6 Å². The molecule has 0 radical (unpaired) electrons. The first kappa shape index (κ1) is 13.1. The standard InChI is InChI=1S/C16H18ClFO/c17-15-8-11(2-4-16(15)18)7-14(19)9-13-6-10-1-3-12(13)5-10/h2,4,8,10,12-13H,1,3,5-7,9H2. The van der Waals surface area contributed by atoms with Crippen LogP contribution in [-0.2, 0) is 11.2 Å². The Labute approximate surface area is 118 Å². The number of Topliss-reactive ketones (excluding diaryl/α,β-unsaturated/α-hetero) is 1. The highest BCUT2D eigenvalue weighted by atomic mass is 35.5. The topological polar surface area (TPSA) is 17.1 Å². The van der Waals surface area contributed by atoms with Gasteiger partial charge in [0.05, 0.1) is 5.02 Å². The van der Waals surface area contributed by atoms with Crippen LogP contribution in [0.1, 0.15) is 37.7 Å². The van der Waals surface area contributed by atoms with Gasteiger partial charge in [-0.2, -0.15) is 0 Å². The third-order valence-corrected chi connectivity index (χ3v) is 5.05. The van der Waals surface area contributed by atoms with Crippen molar-refractivity contribution in [3.63, 3.8) is 0 Å². The van der Waals surface area contributed by atoms with Crippen molar-refractivity contribution in [2.45, 2.75) is 38.5 Å². The summed E-state index contributed by atoms with van der Waals surface area (Å²) >= 11 is 5.73. The lowest BCUT2D eigenvalue weighted by atomic mass is 9.84. The summed E-state index contributed by atoms with van der Waals surface area (Å²) in [6.45, 7) is 0. The number of hydrogen-bond acceptors (Lipinski definition) is 1. The number of benzene rings is 1. The molecule has 3 heteroatoms. The van der Waals surface area contributed by atoms with Crippen LogP contribution in [0.4, 0.5) is 4.39 Å². The zero-order valence-electron chi connectivity index (χ0n) is 10.9. The fourth-order valence-electron chi connectivity index (χ4n) is 3.87. The summed E-state index contributed by atoms with van der Waals surface area (Å²) in [5.41, 5.74) is 0.819. The Morgan fingerprint density at radius 1 is 1.32 bits per heavy atom. The third-order valence-electron chi connectivity index (χ3n) is 4.76. The van der Waals surface area contributed by atoms with E-state index < -0.39 is 5.82 Å². The first-order valence-corrected chi connectivity index (χ1v) is 7.45. The van der Waals surface area contributed by atoms with E-state index in [1.54, 1.807) is 12.1 Å². The van der Waals surface area contributed by atoms with Crippen LogP contribution in [0.15, 0.2) is 18.2 Å². The minimum Gasteiger partial charge on any atom is -0.299 e. The molecule has 2 fully saturated rings. The maximum absolute atomic E-state index is 13.0. The normalized spacial score (nSPS) is 28.8. The van der Waals surface area contributed by atoms with E-state index >= 15 is 0 Å². The molecule has 0 spiro atoms. The van der Waals surface area contributed by atoms with Gasteiger partial charge in [-0.1, -0.05) is 24.1 Å². The van der Waals surface area contributed by atoms with E-state index in [-0.39, 0.29) is 10.8 Å². The molecule has 0 heterocycles. The van der Waals surface area contributed by atoms with Crippen molar-refractivity contribution < 1.29 is 9.18 Å². The molecule has 2 bridgehead atoms. The van der Waals surface area contributed by atoms with E-state index in [1.807, 2.05) is 0 Å². The molecule has 1 nitrogen and oxygen atoms in total. The van der Waals surface area contributed by atoms with Gasteiger partial charge in [-0.15, -0.1) is 0 Å². The Hall–Kier alpha value is -0.890. The van der Waals surface area contributed by atoms with Gasteiger partial charge >= 0.3 is 0 Å². The minimum absolute atomic E-state index is 0.102. The first-order valence-electron chi connectivity index (χ1n) is 7.07. The molecule has 3 atom stereocenters. The Kier molecular flexibility index (Phi) is 3.62. The Morgan fingerprint density at radius 2 is 2.16 bits per heavy atom. The summed E-state index contributed by atoms with van der Waals surface area (Å²) in [6, 6.07) is 4.55. The van der Waals surface area contributed by atoms with Crippen LogP contribution in [-0.4, -0.2) is 5.78 Å². The second kappa shape index (κ2) is 5.24. The lowest BCUT2D eigenvalue weighted by molar-refractivity contribution is -0.119. The summed E-state index contributed by atoms with van der Waals surface area (Å²) in [7, 11) is 0. The van der Waals surface area contributed by atoms with Gasteiger partial charge in [0.1, 0.15) is 11.6 Å². The summed E-state index contributed by atoms with van der Waals surface area (Å²) in [4.78, 5) is 12.1. The molecule has 0 saturated heterocycles. The van der Waals surface area contributed by atoms with Crippen LogP contribution in [0.3, 0.4) is 0 Å². The van der Waals surface area contributed by atoms with Gasteiger partial charge in [-0.05, 0) is 54.7 Å². The molecule has 2 aliphatic carbocycles. The van der Waals surface area contributed by atoms with Crippen LogP contribution < -0.4 is 0 Å². The highest BCUT2D eigenvalue weighted by Crippen LogP contribution is 2.49. The number of carbonyl (C=O) groups excluding carboxylic acids is 1. The second-order valence-electron chi connectivity index (χ2n) is 6.10. The Balaban J connectivity index is 1.57. The summed E-state index contributed by atoms with van der Waals surface area (Å²) < 4.78 is 13.0. The van der Waals surface area contributed by atoms with E-state index in [9.17, 15) is 9.18 Å². The van der Waals surface area contributed by atoms with Crippen LogP contribution >= 0.6 is 11.6 Å². The number of ketones is 1. The molecule has 0 N–H and O–H groups in total. The lowest BCUT2D eigenvalue weighted by Gasteiger charge is -2.20. The number of halogens is 2. The van der Waals surface area contributed by atoms with Crippen molar-refractivity contribution in [2.24, 2.45) is 17.8 Å². The Morgan fingerprint density at radius 3 is 2.79 bits per heavy atom. The third kappa shape index (κ3) is 2.84. The van der Waals surface area contributed by atoms with Crippen molar-refractivity contribution in [1.29, 1.82) is 0 Å². The van der Waals surface area contributed by atoms with Gasteiger partial charge in [0.25, 0.3) is 0 Å². The predicted octanol–water partition coefficient (Wildman–Crippen LogP) is 4.42. The van der Waals surface area contributed by atoms with Crippen molar-refractivity contribution in [3.05, 3.63) is 34.6 Å². The fourth-order valence-corrected chi connectivity index (χ4v) is 4.07. The van der Waals surface area contributed by atoms with Gasteiger partial charge in [-0.3, -0.25) is 4.79 Å². The van der Waals surface area contributed by atoms with E-state index in [4.69, 9.17) is 11.6 Å². The molecule has 19 heavy (non-hydrogen) atoms. The molecule has 2 aliphatic rings. The van der Waals surface area contributed by atoms with E-state index in [2.05, 4.69) is 0 Å². The average Bonchev–Trinajstić information content (AvgIpc) is 2.96. The second-order valence-corrected chi connectivity index (χ2v) is 6.51. The molecule has 3 rings (SSSR count). The molecule has 2 saturated carbocycles. The summed E-state index contributed by atoms with van der Waals surface area (Å²) in [5.74, 6) is 2.10.